The van der Waals surface area contributed by atoms with E-state index in [0.717, 1.165) is 30.8 Å². The molecule has 94 valence electrons. The first-order valence-electron chi connectivity index (χ1n) is 6.10. The van der Waals surface area contributed by atoms with Crippen molar-refractivity contribution in [3.63, 3.8) is 0 Å². The summed E-state index contributed by atoms with van der Waals surface area (Å²) < 4.78 is 11.1. The van der Waals surface area contributed by atoms with Crippen molar-refractivity contribution in [1.82, 2.24) is 0 Å². The standard InChI is InChI=1S/C14H21NO2/c1-14(2,15)9-10-4-7-12(13(8-10)16-3)17-11-5-6-11/h4,7-8,11H,5-6,9,15H2,1-3H3. The molecule has 0 amide bonds. The molecule has 0 saturated heterocycles. The number of benzene rings is 1. The molecule has 1 saturated carbocycles. The molecule has 0 bridgehead atoms. The van der Waals surface area contributed by atoms with E-state index < -0.39 is 0 Å². The van der Waals surface area contributed by atoms with Gasteiger partial charge >= 0.3 is 0 Å². The van der Waals surface area contributed by atoms with E-state index >= 15 is 0 Å². The maximum Gasteiger partial charge on any atom is 0.161 e. The van der Waals surface area contributed by atoms with E-state index in [-0.39, 0.29) is 5.54 Å². The summed E-state index contributed by atoms with van der Waals surface area (Å²) in [5.74, 6) is 1.65. The van der Waals surface area contributed by atoms with Crippen LogP contribution >= 0.6 is 0 Å². The quantitative estimate of drug-likeness (QED) is 0.853. The van der Waals surface area contributed by atoms with Crippen LogP contribution in [0.15, 0.2) is 18.2 Å². The minimum Gasteiger partial charge on any atom is -0.493 e. The van der Waals surface area contributed by atoms with Gasteiger partial charge in [-0.25, -0.2) is 0 Å². The summed E-state index contributed by atoms with van der Waals surface area (Å²) in [6.45, 7) is 4.04. The number of ether oxygens (including phenoxy) is 2. The third kappa shape index (κ3) is 3.63. The largest absolute Gasteiger partial charge is 0.493 e. The normalized spacial score (nSPS) is 15.8. The van der Waals surface area contributed by atoms with Crippen LogP contribution in [0.4, 0.5) is 0 Å². The Hall–Kier alpha value is -1.22. The summed E-state index contributed by atoms with van der Waals surface area (Å²) in [6.07, 6.45) is 3.52. The molecule has 0 atom stereocenters. The summed E-state index contributed by atoms with van der Waals surface area (Å²) >= 11 is 0. The van der Waals surface area contributed by atoms with Gasteiger partial charge in [-0.3, -0.25) is 0 Å². The Bertz CT molecular complexity index is 392. The van der Waals surface area contributed by atoms with Gasteiger partial charge < -0.3 is 15.2 Å². The minimum atomic E-state index is -0.204. The number of methoxy groups -OCH3 is 1. The van der Waals surface area contributed by atoms with Crippen molar-refractivity contribution in [1.29, 1.82) is 0 Å². The number of hydrogen-bond acceptors (Lipinski definition) is 3. The van der Waals surface area contributed by atoms with E-state index in [1.165, 1.54) is 5.56 Å². The zero-order chi connectivity index (χ0) is 12.5. The third-order valence-electron chi connectivity index (χ3n) is 2.71. The molecule has 17 heavy (non-hydrogen) atoms. The Balaban J connectivity index is 2.14. The van der Waals surface area contributed by atoms with Gasteiger partial charge in [0, 0.05) is 5.54 Å². The minimum absolute atomic E-state index is 0.204. The molecule has 1 fully saturated rings. The number of nitrogens with two attached hydrogens (primary N) is 1. The van der Waals surface area contributed by atoms with E-state index in [2.05, 4.69) is 6.07 Å². The first-order chi connectivity index (χ1) is 7.98. The second-order valence-electron chi connectivity index (χ2n) is 5.47. The van der Waals surface area contributed by atoms with Crippen molar-refractivity contribution in [2.45, 2.75) is 44.8 Å². The van der Waals surface area contributed by atoms with E-state index in [0.29, 0.717) is 6.10 Å². The van der Waals surface area contributed by atoms with E-state index in [9.17, 15) is 0 Å². The zero-order valence-electron chi connectivity index (χ0n) is 10.8. The molecule has 3 nitrogen and oxygen atoms in total. The highest BCUT2D eigenvalue weighted by molar-refractivity contribution is 5.43. The van der Waals surface area contributed by atoms with Crippen LogP contribution in [-0.2, 0) is 6.42 Å². The van der Waals surface area contributed by atoms with Crippen LogP contribution in [0.25, 0.3) is 0 Å². The van der Waals surface area contributed by atoms with Gasteiger partial charge in [-0.1, -0.05) is 6.07 Å². The average Bonchev–Trinajstić information content (AvgIpc) is 3.02. The third-order valence-corrected chi connectivity index (χ3v) is 2.71. The Labute approximate surface area is 103 Å². The van der Waals surface area contributed by atoms with Crippen LogP contribution in [0, 0.1) is 0 Å². The van der Waals surface area contributed by atoms with Crippen LogP contribution < -0.4 is 15.2 Å². The second-order valence-corrected chi connectivity index (χ2v) is 5.47. The molecule has 0 aliphatic heterocycles. The lowest BCUT2D eigenvalue weighted by atomic mass is 9.96. The van der Waals surface area contributed by atoms with E-state index in [1.54, 1.807) is 7.11 Å². The fourth-order valence-electron chi connectivity index (χ4n) is 1.81. The smallest absolute Gasteiger partial charge is 0.161 e. The van der Waals surface area contributed by atoms with Gasteiger partial charge in [-0.15, -0.1) is 0 Å². The maximum atomic E-state index is 6.02. The Kier molecular flexibility index (Phi) is 3.29. The molecule has 1 aliphatic rings. The maximum absolute atomic E-state index is 6.02. The monoisotopic (exact) mass is 235 g/mol. The Morgan fingerprint density at radius 1 is 1.29 bits per heavy atom. The topological polar surface area (TPSA) is 44.5 Å². The van der Waals surface area contributed by atoms with Gasteiger partial charge in [-0.2, -0.15) is 0 Å². The van der Waals surface area contributed by atoms with Crippen LogP contribution in [0.5, 0.6) is 11.5 Å². The summed E-state index contributed by atoms with van der Waals surface area (Å²) in [5.41, 5.74) is 6.99. The number of rotatable bonds is 5. The first-order valence-corrected chi connectivity index (χ1v) is 6.10. The molecule has 0 radical (unpaired) electrons. The highest BCUT2D eigenvalue weighted by atomic mass is 16.5. The van der Waals surface area contributed by atoms with Crippen molar-refractivity contribution >= 4 is 0 Å². The fraction of sp³-hybridized carbons (Fsp3) is 0.571. The lowest BCUT2D eigenvalue weighted by Gasteiger charge is -2.19. The molecule has 3 heteroatoms. The van der Waals surface area contributed by atoms with Gasteiger partial charge in [-0.05, 0) is 50.8 Å². The predicted molar refractivity (Wildman–Crippen MR) is 68.6 cm³/mol. The molecule has 0 unspecified atom stereocenters. The fourth-order valence-corrected chi connectivity index (χ4v) is 1.81. The lowest BCUT2D eigenvalue weighted by Crippen LogP contribution is -2.34. The van der Waals surface area contributed by atoms with Gasteiger partial charge in [0.25, 0.3) is 0 Å². The van der Waals surface area contributed by atoms with Gasteiger partial charge in [0.2, 0.25) is 0 Å². The molecule has 1 aromatic carbocycles. The van der Waals surface area contributed by atoms with E-state index in [4.69, 9.17) is 15.2 Å². The van der Waals surface area contributed by atoms with Crippen LogP contribution in [0.3, 0.4) is 0 Å². The van der Waals surface area contributed by atoms with Crippen molar-refractivity contribution in [3.8, 4) is 11.5 Å². The molecule has 0 aromatic heterocycles. The van der Waals surface area contributed by atoms with Gasteiger partial charge in [0.05, 0.1) is 13.2 Å². The predicted octanol–water partition coefficient (Wildman–Crippen LogP) is 2.52. The summed E-state index contributed by atoms with van der Waals surface area (Å²) in [5, 5.41) is 0. The Morgan fingerprint density at radius 2 is 2.00 bits per heavy atom. The van der Waals surface area contributed by atoms with Crippen LogP contribution in [-0.4, -0.2) is 18.8 Å². The summed E-state index contributed by atoms with van der Waals surface area (Å²) in [4.78, 5) is 0. The SMILES string of the molecule is COc1cc(CC(C)(C)N)ccc1OC1CC1. The molecule has 0 spiro atoms. The van der Waals surface area contributed by atoms with Crippen LogP contribution in [0.2, 0.25) is 0 Å². The first kappa shape index (κ1) is 12.2. The van der Waals surface area contributed by atoms with Crippen molar-refractivity contribution < 1.29 is 9.47 Å². The summed E-state index contributed by atoms with van der Waals surface area (Å²) in [6, 6.07) is 6.07. The molecular formula is C14H21NO2. The summed E-state index contributed by atoms with van der Waals surface area (Å²) in [7, 11) is 1.67. The van der Waals surface area contributed by atoms with Gasteiger partial charge in [0.1, 0.15) is 0 Å². The lowest BCUT2D eigenvalue weighted by molar-refractivity contribution is 0.282. The van der Waals surface area contributed by atoms with Crippen molar-refractivity contribution in [2.24, 2.45) is 5.73 Å². The highest BCUT2D eigenvalue weighted by Crippen LogP contribution is 2.34. The molecule has 1 aliphatic carbocycles. The molecule has 1 aromatic rings. The molecule has 2 rings (SSSR count). The molecular weight excluding hydrogens is 214 g/mol. The van der Waals surface area contributed by atoms with Gasteiger partial charge in [0.15, 0.2) is 11.5 Å². The molecule has 2 N–H and O–H groups in total. The Morgan fingerprint density at radius 3 is 2.53 bits per heavy atom. The number of hydrogen-bond donors (Lipinski definition) is 1. The average molecular weight is 235 g/mol. The van der Waals surface area contributed by atoms with E-state index in [1.807, 2.05) is 26.0 Å². The van der Waals surface area contributed by atoms with Crippen molar-refractivity contribution in [2.75, 3.05) is 7.11 Å². The molecule has 0 heterocycles. The zero-order valence-corrected chi connectivity index (χ0v) is 10.8. The van der Waals surface area contributed by atoms with Crippen molar-refractivity contribution in [3.05, 3.63) is 23.8 Å². The van der Waals surface area contributed by atoms with Crippen LogP contribution in [0.1, 0.15) is 32.3 Å². The second kappa shape index (κ2) is 4.57. The highest BCUT2D eigenvalue weighted by Gasteiger charge is 2.25.